The summed E-state index contributed by atoms with van der Waals surface area (Å²) < 4.78 is 0. The Bertz CT molecular complexity index is 425. The highest BCUT2D eigenvalue weighted by atomic mass is 35.5. The van der Waals surface area contributed by atoms with Gasteiger partial charge in [-0.2, -0.15) is 0 Å². The number of carboxylic acids is 1. The van der Waals surface area contributed by atoms with Crippen molar-refractivity contribution in [1.29, 1.82) is 0 Å². The first-order chi connectivity index (χ1) is 7.82. The minimum Gasteiger partial charge on any atom is -0.481 e. The van der Waals surface area contributed by atoms with Crippen LogP contribution < -0.4 is 5.32 Å². The van der Waals surface area contributed by atoms with Crippen LogP contribution in [0.4, 0.5) is 0 Å². The van der Waals surface area contributed by atoms with Crippen molar-refractivity contribution in [3.05, 3.63) is 21.9 Å². The van der Waals surface area contributed by atoms with Crippen LogP contribution in [0.2, 0.25) is 10.2 Å². The standard InChI is InChI=1S/C10H12Cl2N2O3/c1-4(10(16)17)5(2)13-9(15)7-3-6(11)8(12)14-7/h3-5,14H,1-2H3,(H,13,15)(H,16,17). The fraction of sp³-hybridized carbons (Fsp3) is 0.400. The van der Waals surface area contributed by atoms with Gasteiger partial charge in [-0.15, -0.1) is 0 Å². The summed E-state index contributed by atoms with van der Waals surface area (Å²) in [5.74, 6) is -2.10. The van der Waals surface area contributed by atoms with Crippen molar-refractivity contribution < 1.29 is 14.7 Å². The summed E-state index contributed by atoms with van der Waals surface area (Å²) in [6.07, 6.45) is 0. The molecule has 0 aliphatic carbocycles. The monoisotopic (exact) mass is 278 g/mol. The molecule has 0 aliphatic heterocycles. The van der Waals surface area contributed by atoms with Crippen LogP contribution in [0.1, 0.15) is 24.3 Å². The van der Waals surface area contributed by atoms with Crippen molar-refractivity contribution in [1.82, 2.24) is 10.3 Å². The molecule has 1 amide bonds. The summed E-state index contributed by atoms with van der Waals surface area (Å²) in [7, 11) is 0. The van der Waals surface area contributed by atoms with Crippen molar-refractivity contribution in [2.75, 3.05) is 0 Å². The van der Waals surface area contributed by atoms with Crippen molar-refractivity contribution in [3.8, 4) is 0 Å². The van der Waals surface area contributed by atoms with Crippen LogP contribution in [0, 0.1) is 5.92 Å². The maximum absolute atomic E-state index is 11.7. The summed E-state index contributed by atoms with van der Waals surface area (Å²) in [5.41, 5.74) is 0.199. The average molecular weight is 279 g/mol. The topological polar surface area (TPSA) is 82.2 Å². The Labute approximate surface area is 108 Å². The molecule has 0 spiro atoms. The van der Waals surface area contributed by atoms with E-state index in [1.165, 1.54) is 13.0 Å². The molecule has 1 aromatic rings. The normalized spacial score (nSPS) is 14.1. The van der Waals surface area contributed by atoms with Crippen molar-refractivity contribution >= 4 is 35.1 Å². The van der Waals surface area contributed by atoms with Crippen LogP contribution >= 0.6 is 23.2 Å². The zero-order valence-electron chi connectivity index (χ0n) is 9.25. The first-order valence-corrected chi connectivity index (χ1v) is 5.66. The smallest absolute Gasteiger partial charge is 0.308 e. The van der Waals surface area contributed by atoms with Crippen LogP contribution in [-0.4, -0.2) is 28.0 Å². The minimum atomic E-state index is -0.972. The van der Waals surface area contributed by atoms with E-state index in [0.29, 0.717) is 0 Å². The van der Waals surface area contributed by atoms with Gasteiger partial charge in [-0.1, -0.05) is 23.2 Å². The number of rotatable bonds is 4. The van der Waals surface area contributed by atoms with E-state index >= 15 is 0 Å². The molecule has 0 fully saturated rings. The molecular formula is C10H12Cl2N2O3. The maximum Gasteiger partial charge on any atom is 0.308 e. The highest BCUT2D eigenvalue weighted by Gasteiger charge is 2.22. The van der Waals surface area contributed by atoms with Gasteiger partial charge in [-0.25, -0.2) is 0 Å². The number of carbonyl (C=O) groups excluding carboxylic acids is 1. The lowest BCUT2D eigenvalue weighted by Gasteiger charge is -2.17. The predicted molar refractivity (Wildman–Crippen MR) is 64.5 cm³/mol. The number of carbonyl (C=O) groups is 2. The number of nitrogens with one attached hydrogen (secondary N) is 2. The van der Waals surface area contributed by atoms with E-state index in [2.05, 4.69) is 10.3 Å². The molecule has 7 heteroatoms. The third-order valence-electron chi connectivity index (χ3n) is 2.47. The first kappa shape index (κ1) is 13.9. The molecule has 0 saturated heterocycles. The van der Waals surface area contributed by atoms with Gasteiger partial charge in [0.15, 0.2) is 0 Å². The lowest BCUT2D eigenvalue weighted by Crippen LogP contribution is -2.40. The summed E-state index contributed by atoms with van der Waals surface area (Å²) in [6, 6.07) is 0.887. The number of H-pyrrole nitrogens is 1. The zero-order valence-corrected chi connectivity index (χ0v) is 10.8. The number of aromatic amines is 1. The molecule has 0 bridgehead atoms. The van der Waals surface area contributed by atoms with Gasteiger partial charge in [-0.05, 0) is 19.9 Å². The maximum atomic E-state index is 11.7. The van der Waals surface area contributed by atoms with Crippen LogP contribution in [0.3, 0.4) is 0 Å². The number of amides is 1. The Morgan fingerprint density at radius 3 is 2.41 bits per heavy atom. The molecule has 1 rings (SSSR count). The SMILES string of the molecule is CC(NC(=O)c1cc(Cl)c(Cl)[nH]1)C(C)C(=O)O. The molecule has 94 valence electrons. The van der Waals surface area contributed by atoms with Crippen LogP contribution in [0.15, 0.2) is 6.07 Å². The third-order valence-corrected chi connectivity index (χ3v) is 3.16. The molecule has 5 nitrogen and oxygen atoms in total. The molecule has 2 atom stereocenters. The second-order valence-electron chi connectivity index (χ2n) is 3.73. The van der Waals surface area contributed by atoms with E-state index in [-0.39, 0.29) is 15.9 Å². The lowest BCUT2D eigenvalue weighted by molar-refractivity contribution is -0.141. The van der Waals surface area contributed by atoms with Crippen LogP contribution in [0.25, 0.3) is 0 Å². The largest absolute Gasteiger partial charge is 0.481 e. The first-order valence-electron chi connectivity index (χ1n) is 4.90. The molecule has 2 unspecified atom stereocenters. The van der Waals surface area contributed by atoms with E-state index in [1.807, 2.05) is 0 Å². The average Bonchev–Trinajstić information content (AvgIpc) is 2.58. The van der Waals surface area contributed by atoms with Crippen LogP contribution in [0.5, 0.6) is 0 Å². The van der Waals surface area contributed by atoms with Gasteiger partial charge in [0.05, 0.1) is 10.9 Å². The molecule has 0 radical (unpaired) electrons. The van der Waals surface area contributed by atoms with Gasteiger partial charge in [0.25, 0.3) is 5.91 Å². The number of carboxylic acid groups (broad SMARTS) is 1. The van der Waals surface area contributed by atoms with Crippen LogP contribution in [-0.2, 0) is 4.79 Å². The van der Waals surface area contributed by atoms with Crippen molar-refractivity contribution in [3.63, 3.8) is 0 Å². The predicted octanol–water partition coefficient (Wildman–Crippen LogP) is 2.16. The van der Waals surface area contributed by atoms with Gasteiger partial charge in [0.2, 0.25) is 0 Å². The number of halogens is 2. The van der Waals surface area contributed by atoms with Gasteiger partial charge >= 0.3 is 5.97 Å². The molecule has 0 saturated carbocycles. The lowest BCUT2D eigenvalue weighted by atomic mass is 10.0. The number of hydrogen-bond acceptors (Lipinski definition) is 2. The highest BCUT2D eigenvalue weighted by Crippen LogP contribution is 2.21. The van der Waals surface area contributed by atoms with Gasteiger partial charge in [0.1, 0.15) is 10.8 Å². The van der Waals surface area contributed by atoms with Crippen molar-refractivity contribution in [2.45, 2.75) is 19.9 Å². The summed E-state index contributed by atoms with van der Waals surface area (Å²) >= 11 is 11.3. The summed E-state index contributed by atoms with van der Waals surface area (Å²) in [6.45, 7) is 3.13. The van der Waals surface area contributed by atoms with Crippen molar-refractivity contribution in [2.24, 2.45) is 5.92 Å². The van der Waals surface area contributed by atoms with Gasteiger partial charge < -0.3 is 15.4 Å². The Morgan fingerprint density at radius 1 is 1.41 bits per heavy atom. The molecule has 0 aromatic carbocycles. The minimum absolute atomic E-state index is 0.177. The number of hydrogen-bond donors (Lipinski definition) is 3. The molecule has 3 N–H and O–H groups in total. The second kappa shape index (κ2) is 5.42. The number of aromatic nitrogens is 1. The quantitative estimate of drug-likeness (QED) is 0.789. The molecular weight excluding hydrogens is 267 g/mol. The van der Waals surface area contributed by atoms with Gasteiger partial charge in [0, 0.05) is 6.04 Å². The Morgan fingerprint density at radius 2 is 2.00 bits per heavy atom. The number of aliphatic carboxylic acids is 1. The van der Waals surface area contributed by atoms with E-state index in [9.17, 15) is 9.59 Å². The fourth-order valence-electron chi connectivity index (χ4n) is 1.15. The highest BCUT2D eigenvalue weighted by molar-refractivity contribution is 6.41. The molecule has 1 aromatic heterocycles. The van der Waals surface area contributed by atoms with E-state index in [0.717, 1.165) is 0 Å². The van der Waals surface area contributed by atoms with E-state index < -0.39 is 23.8 Å². The zero-order chi connectivity index (χ0) is 13.2. The van der Waals surface area contributed by atoms with E-state index in [4.69, 9.17) is 28.3 Å². The third kappa shape index (κ3) is 3.38. The molecule has 1 heterocycles. The Kier molecular flexibility index (Phi) is 4.42. The van der Waals surface area contributed by atoms with E-state index in [1.54, 1.807) is 6.92 Å². The van der Waals surface area contributed by atoms with Gasteiger partial charge in [-0.3, -0.25) is 9.59 Å². The summed E-state index contributed by atoms with van der Waals surface area (Å²) in [5, 5.41) is 11.8. The summed E-state index contributed by atoms with van der Waals surface area (Å²) in [4.78, 5) is 25.0. The molecule has 0 aliphatic rings. The second-order valence-corrected chi connectivity index (χ2v) is 4.52. The Hall–Kier alpha value is -1.20. The Balaban J connectivity index is 2.69. The molecule has 17 heavy (non-hydrogen) atoms. The fourth-order valence-corrected chi connectivity index (χ4v) is 1.46.